The number of carbonyl (C=O) groups excluding carboxylic acids is 2. The van der Waals surface area contributed by atoms with Gasteiger partial charge in [0.15, 0.2) is 0 Å². The van der Waals surface area contributed by atoms with Gasteiger partial charge in [0.05, 0.1) is 10.7 Å². The topological polar surface area (TPSA) is 62.7 Å². The summed E-state index contributed by atoms with van der Waals surface area (Å²) < 4.78 is 5.75. The van der Waals surface area contributed by atoms with E-state index in [1.165, 1.54) is 0 Å². The lowest BCUT2D eigenvalue weighted by atomic mass is 9.95. The summed E-state index contributed by atoms with van der Waals surface area (Å²) in [5, 5.41) is 3.01. The molecule has 2 fully saturated rings. The Morgan fingerprint density at radius 3 is 2.38 bits per heavy atom. The molecule has 3 heterocycles. The van der Waals surface area contributed by atoms with Gasteiger partial charge in [-0.15, -0.1) is 11.3 Å². The van der Waals surface area contributed by atoms with E-state index in [1.54, 1.807) is 11.3 Å². The van der Waals surface area contributed by atoms with Crippen molar-refractivity contribution in [2.45, 2.75) is 39.2 Å². The third-order valence-electron chi connectivity index (χ3n) is 5.70. The molecular formula is C22H27N3O3S. The zero-order valence-corrected chi connectivity index (χ0v) is 17.6. The van der Waals surface area contributed by atoms with Gasteiger partial charge in [0.2, 0.25) is 5.91 Å². The van der Waals surface area contributed by atoms with Crippen LogP contribution in [0.3, 0.4) is 0 Å². The van der Waals surface area contributed by atoms with E-state index in [9.17, 15) is 9.59 Å². The molecule has 7 heteroatoms. The van der Waals surface area contributed by atoms with Crippen molar-refractivity contribution < 1.29 is 14.3 Å². The largest absolute Gasteiger partial charge is 0.487 e. The minimum atomic E-state index is 0.0266. The number of thiazole rings is 1. The van der Waals surface area contributed by atoms with E-state index in [1.807, 2.05) is 46.4 Å². The molecule has 0 saturated carbocycles. The first kappa shape index (κ1) is 19.9. The molecule has 0 spiro atoms. The Hall–Kier alpha value is -2.41. The summed E-state index contributed by atoms with van der Waals surface area (Å²) in [6.07, 6.45) is 3.75. The fourth-order valence-electron chi connectivity index (χ4n) is 4.03. The number of hydrogen-bond donors (Lipinski definition) is 0. The quantitative estimate of drug-likeness (QED) is 0.753. The fourth-order valence-corrected chi connectivity index (χ4v) is 4.63. The average Bonchev–Trinajstić information content (AvgIpc) is 3.44. The standard InChI is InChI=1S/C22H27N3O3S/c1-16-23-19(15-29-16)14-28-20-6-4-17(5-7-20)21(26)25-12-8-18(9-13-25)22(27)24-10-2-3-11-24/h4-7,15,18H,2-3,8-14H2,1H3. The third-order valence-corrected chi connectivity index (χ3v) is 6.53. The molecule has 2 aliphatic heterocycles. The van der Waals surface area contributed by atoms with Crippen molar-refractivity contribution in [2.24, 2.45) is 5.92 Å². The van der Waals surface area contributed by atoms with Gasteiger partial charge in [-0.3, -0.25) is 9.59 Å². The Bertz CT molecular complexity index is 850. The highest BCUT2D eigenvalue weighted by molar-refractivity contribution is 7.09. The van der Waals surface area contributed by atoms with Gasteiger partial charge < -0.3 is 14.5 Å². The van der Waals surface area contributed by atoms with Crippen molar-refractivity contribution in [1.82, 2.24) is 14.8 Å². The van der Waals surface area contributed by atoms with Crippen molar-refractivity contribution in [3.8, 4) is 5.75 Å². The van der Waals surface area contributed by atoms with Crippen LogP contribution >= 0.6 is 11.3 Å². The second-order valence-electron chi connectivity index (χ2n) is 7.77. The summed E-state index contributed by atoms with van der Waals surface area (Å²) in [6.45, 7) is 5.48. The predicted molar refractivity (Wildman–Crippen MR) is 112 cm³/mol. The molecule has 4 rings (SSSR count). The summed E-state index contributed by atoms with van der Waals surface area (Å²) >= 11 is 1.61. The first-order chi connectivity index (χ1) is 14.1. The van der Waals surface area contributed by atoms with E-state index in [2.05, 4.69) is 4.98 Å². The number of ether oxygens (including phenoxy) is 1. The van der Waals surface area contributed by atoms with E-state index in [4.69, 9.17) is 4.74 Å². The SMILES string of the molecule is Cc1nc(COc2ccc(C(=O)N3CCC(C(=O)N4CCCC4)CC3)cc2)cs1. The molecule has 0 bridgehead atoms. The van der Waals surface area contributed by atoms with E-state index >= 15 is 0 Å². The maximum atomic E-state index is 12.8. The number of piperidine rings is 1. The number of carbonyl (C=O) groups is 2. The van der Waals surface area contributed by atoms with Gasteiger partial charge in [-0.05, 0) is 56.9 Å². The van der Waals surface area contributed by atoms with Crippen LogP contribution in [0, 0.1) is 12.8 Å². The molecule has 2 saturated heterocycles. The van der Waals surface area contributed by atoms with Gasteiger partial charge in [0.1, 0.15) is 12.4 Å². The van der Waals surface area contributed by atoms with Crippen molar-refractivity contribution in [1.29, 1.82) is 0 Å². The summed E-state index contributed by atoms with van der Waals surface area (Å²) in [7, 11) is 0. The lowest BCUT2D eigenvalue weighted by molar-refractivity contribution is -0.135. The number of benzene rings is 1. The smallest absolute Gasteiger partial charge is 0.253 e. The minimum Gasteiger partial charge on any atom is -0.487 e. The maximum Gasteiger partial charge on any atom is 0.253 e. The Morgan fingerprint density at radius 1 is 1.07 bits per heavy atom. The summed E-state index contributed by atoms with van der Waals surface area (Å²) in [6, 6.07) is 7.28. The molecule has 0 atom stereocenters. The highest BCUT2D eigenvalue weighted by Crippen LogP contribution is 2.24. The average molecular weight is 414 g/mol. The molecule has 0 aliphatic carbocycles. The molecule has 6 nitrogen and oxygen atoms in total. The third kappa shape index (κ3) is 4.78. The van der Waals surface area contributed by atoms with Crippen molar-refractivity contribution in [2.75, 3.05) is 26.2 Å². The second-order valence-corrected chi connectivity index (χ2v) is 8.83. The lowest BCUT2D eigenvalue weighted by Gasteiger charge is -2.33. The number of hydrogen-bond acceptors (Lipinski definition) is 5. The first-order valence-electron chi connectivity index (χ1n) is 10.3. The van der Waals surface area contributed by atoms with Crippen LogP contribution in [0.2, 0.25) is 0 Å². The monoisotopic (exact) mass is 413 g/mol. The molecule has 2 amide bonds. The van der Waals surface area contributed by atoms with E-state index in [-0.39, 0.29) is 17.7 Å². The van der Waals surface area contributed by atoms with Crippen LogP contribution in [-0.2, 0) is 11.4 Å². The van der Waals surface area contributed by atoms with Crippen LogP contribution in [0.25, 0.3) is 0 Å². The van der Waals surface area contributed by atoms with Gasteiger partial charge in [-0.1, -0.05) is 0 Å². The van der Waals surface area contributed by atoms with Crippen LogP contribution < -0.4 is 4.74 Å². The Labute approximate surface area is 175 Å². The molecule has 1 aromatic heterocycles. The molecule has 154 valence electrons. The van der Waals surface area contributed by atoms with E-state index in [0.29, 0.717) is 25.3 Å². The van der Waals surface area contributed by atoms with Crippen molar-refractivity contribution in [3.05, 3.63) is 45.9 Å². The van der Waals surface area contributed by atoms with Gasteiger partial charge >= 0.3 is 0 Å². The molecule has 0 radical (unpaired) electrons. The highest BCUT2D eigenvalue weighted by Gasteiger charge is 2.31. The number of nitrogens with zero attached hydrogens (tertiary/aromatic N) is 3. The number of aromatic nitrogens is 1. The lowest BCUT2D eigenvalue weighted by Crippen LogP contribution is -2.43. The highest BCUT2D eigenvalue weighted by atomic mass is 32.1. The molecular weight excluding hydrogens is 386 g/mol. The first-order valence-corrected chi connectivity index (χ1v) is 11.2. The Balaban J connectivity index is 1.27. The van der Waals surface area contributed by atoms with Crippen LogP contribution in [0.15, 0.2) is 29.6 Å². The second kappa shape index (κ2) is 8.95. The van der Waals surface area contributed by atoms with Crippen LogP contribution in [-0.4, -0.2) is 52.8 Å². The molecule has 2 aliphatic rings. The molecule has 0 unspecified atom stereocenters. The molecule has 2 aromatic rings. The number of likely N-dealkylation sites (tertiary alicyclic amines) is 2. The van der Waals surface area contributed by atoms with Gasteiger partial charge in [-0.2, -0.15) is 0 Å². The fraction of sp³-hybridized carbons (Fsp3) is 0.500. The Morgan fingerprint density at radius 2 is 1.76 bits per heavy atom. The zero-order valence-electron chi connectivity index (χ0n) is 16.8. The number of rotatable bonds is 5. The predicted octanol–water partition coefficient (Wildman–Crippen LogP) is 3.51. The van der Waals surface area contributed by atoms with Crippen LogP contribution in [0.1, 0.15) is 46.7 Å². The van der Waals surface area contributed by atoms with Crippen molar-refractivity contribution >= 4 is 23.2 Å². The maximum absolute atomic E-state index is 12.8. The normalized spacial score (nSPS) is 17.6. The van der Waals surface area contributed by atoms with Gasteiger partial charge in [0, 0.05) is 43.0 Å². The zero-order chi connectivity index (χ0) is 20.2. The molecule has 1 aromatic carbocycles. The molecule has 0 N–H and O–H groups in total. The number of amides is 2. The summed E-state index contributed by atoms with van der Waals surface area (Å²) in [5.74, 6) is 1.11. The van der Waals surface area contributed by atoms with Gasteiger partial charge in [-0.25, -0.2) is 4.98 Å². The van der Waals surface area contributed by atoms with Gasteiger partial charge in [0.25, 0.3) is 5.91 Å². The Kier molecular flexibility index (Phi) is 6.13. The van der Waals surface area contributed by atoms with E-state index < -0.39 is 0 Å². The molecule has 29 heavy (non-hydrogen) atoms. The van der Waals surface area contributed by atoms with Crippen LogP contribution in [0.4, 0.5) is 0 Å². The van der Waals surface area contributed by atoms with Crippen LogP contribution in [0.5, 0.6) is 5.75 Å². The minimum absolute atomic E-state index is 0.0266. The summed E-state index contributed by atoms with van der Waals surface area (Å²) in [4.78, 5) is 33.6. The summed E-state index contributed by atoms with van der Waals surface area (Å²) in [5.41, 5.74) is 1.57. The van der Waals surface area contributed by atoms with E-state index in [0.717, 1.165) is 55.2 Å². The van der Waals surface area contributed by atoms with Crippen molar-refractivity contribution in [3.63, 3.8) is 0 Å². The number of aryl methyl sites for hydroxylation is 1.